The largest absolute Gasteiger partial charge is 0.326 e. The second-order valence-corrected chi connectivity index (χ2v) is 4.42. The predicted molar refractivity (Wildman–Crippen MR) is 59.5 cm³/mol. The molecule has 4 nitrogen and oxygen atoms in total. The van der Waals surface area contributed by atoms with Gasteiger partial charge in [0.25, 0.3) is 5.91 Å². The van der Waals surface area contributed by atoms with Crippen LogP contribution in [0.3, 0.4) is 0 Å². The summed E-state index contributed by atoms with van der Waals surface area (Å²) in [6, 6.07) is 4.62. The first kappa shape index (κ1) is 9.66. The van der Waals surface area contributed by atoms with Crippen LogP contribution < -0.4 is 5.32 Å². The molecule has 1 fully saturated rings. The van der Waals surface area contributed by atoms with E-state index in [9.17, 15) is 9.59 Å². The van der Waals surface area contributed by atoms with E-state index in [0.717, 1.165) is 6.42 Å². The van der Waals surface area contributed by atoms with Gasteiger partial charge in [-0.25, -0.2) is 0 Å². The van der Waals surface area contributed by atoms with Crippen LogP contribution in [0.25, 0.3) is 0 Å². The quantitative estimate of drug-likeness (QED) is 0.742. The Hall–Kier alpha value is -1.55. The van der Waals surface area contributed by atoms with Crippen LogP contribution in [0.1, 0.15) is 16.8 Å². The molecule has 0 aromatic heterocycles. The molecule has 2 heterocycles. The zero-order valence-corrected chi connectivity index (χ0v) is 9.12. The number of fused-ring (bicyclic) bond motifs is 2. The number of hydrogen-bond donors (Lipinski definition) is 1. The number of anilines is 1. The van der Waals surface area contributed by atoms with E-state index in [2.05, 4.69) is 5.32 Å². The fourth-order valence-corrected chi connectivity index (χ4v) is 2.25. The molecule has 2 amide bonds. The fraction of sp³-hybridized carbons (Fsp3) is 0.273. The van der Waals surface area contributed by atoms with Crippen molar-refractivity contribution in [3.8, 4) is 0 Å². The Morgan fingerprint density at radius 3 is 2.88 bits per heavy atom. The molecule has 0 spiro atoms. The van der Waals surface area contributed by atoms with E-state index < -0.39 is 0 Å². The van der Waals surface area contributed by atoms with Gasteiger partial charge in [0.15, 0.2) is 0 Å². The summed E-state index contributed by atoms with van der Waals surface area (Å²) in [5, 5.41) is 3.25. The minimum Gasteiger partial charge on any atom is -0.326 e. The van der Waals surface area contributed by atoms with Gasteiger partial charge in [-0.1, -0.05) is 11.6 Å². The Bertz CT molecular complexity index is 501. The van der Waals surface area contributed by atoms with Crippen molar-refractivity contribution in [3.05, 3.63) is 28.8 Å². The first-order valence-electron chi connectivity index (χ1n) is 5.08. The van der Waals surface area contributed by atoms with Crippen molar-refractivity contribution in [1.29, 1.82) is 0 Å². The molecule has 1 aromatic carbocycles. The van der Waals surface area contributed by atoms with Crippen molar-refractivity contribution in [3.63, 3.8) is 0 Å². The van der Waals surface area contributed by atoms with Crippen LogP contribution in [-0.4, -0.2) is 29.3 Å². The molecule has 3 rings (SSSR count). The molecule has 0 bridgehead atoms. The Balaban J connectivity index is 2.13. The van der Waals surface area contributed by atoms with Crippen molar-refractivity contribution >= 4 is 29.1 Å². The van der Waals surface area contributed by atoms with Gasteiger partial charge < -0.3 is 10.2 Å². The first-order chi connectivity index (χ1) is 7.66. The van der Waals surface area contributed by atoms with E-state index in [-0.39, 0.29) is 17.9 Å². The van der Waals surface area contributed by atoms with Crippen molar-refractivity contribution < 1.29 is 9.59 Å². The molecule has 2 aliphatic heterocycles. The number of amides is 2. The third kappa shape index (κ3) is 1.23. The number of nitrogens with zero attached hydrogens (tertiary/aromatic N) is 1. The third-order valence-corrected chi connectivity index (χ3v) is 3.29. The molecule has 1 N–H and O–H groups in total. The Morgan fingerprint density at radius 1 is 1.38 bits per heavy atom. The molecule has 1 saturated heterocycles. The number of nitrogens with one attached hydrogen (secondary N) is 1. The predicted octanol–water partition coefficient (Wildman–Crippen LogP) is 1.51. The van der Waals surface area contributed by atoms with Gasteiger partial charge in [0.2, 0.25) is 5.91 Å². The Kier molecular flexibility index (Phi) is 1.94. The lowest BCUT2D eigenvalue weighted by Gasteiger charge is -2.37. The van der Waals surface area contributed by atoms with Gasteiger partial charge in [-0.2, -0.15) is 0 Å². The lowest BCUT2D eigenvalue weighted by atomic mass is 10.0. The molecule has 5 heteroatoms. The lowest BCUT2D eigenvalue weighted by molar-refractivity contribution is -0.123. The van der Waals surface area contributed by atoms with E-state index in [0.29, 0.717) is 22.8 Å². The number of carbonyl (C=O) groups excluding carboxylic acids is 2. The molecule has 16 heavy (non-hydrogen) atoms. The van der Waals surface area contributed by atoms with Gasteiger partial charge in [0.05, 0.1) is 11.3 Å². The van der Waals surface area contributed by atoms with Gasteiger partial charge in [-0.3, -0.25) is 9.59 Å². The van der Waals surface area contributed by atoms with E-state index in [1.807, 2.05) is 0 Å². The Morgan fingerprint density at radius 2 is 2.19 bits per heavy atom. The topological polar surface area (TPSA) is 49.4 Å². The average Bonchev–Trinajstić information content (AvgIpc) is 2.23. The highest BCUT2D eigenvalue weighted by Gasteiger charge is 2.41. The first-order valence-corrected chi connectivity index (χ1v) is 5.46. The van der Waals surface area contributed by atoms with Crippen LogP contribution in [0.4, 0.5) is 5.69 Å². The molecule has 82 valence electrons. The smallest absolute Gasteiger partial charge is 0.256 e. The maximum Gasteiger partial charge on any atom is 0.256 e. The van der Waals surface area contributed by atoms with E-state index in [1.54, 1.807) is 23.1 Å². The molecule has 0 radical (unpaired) electrons. The van der Waals surface area contributed by atoms with Crippen molar-refractivity contribution in [2.45, 2.75) is 12.5 Å². The number of rotatable bonds is 0. The number of benzene rings is 1. The van der Waals surface area contributed by atoms with Crippen LogP contribution >= 0.6 is 11.6 Å². The summed E-state index contributed by atoms with van der Waals surface area (Å²) in [6.07, 6.45) is 0.735. The molecule has 0 aliphatic carbocycles. The molecule has 1 aromatic rings. The summed E-state index contributed by atoms with van der Waals surface area (Å²) in [7, 11) is 0. The summed E-state index contributed by atoms with van der Waals surface area (Å²) < 4.78 is 0. The van der Waals surface area contributed by atoms with Crippen LogP contribution in [0, 0.1) is 0 Å². The van der Waals surface area contributed by atoms with Gasteiger partial charge in [-0.05, 0) is 24.6 Å². The highest BCUT2D eigenvalue weighted by atomic mass is 35.5. The standard InChI is InChI=1S/C11H9ClN2O2/c12-6-1-2-8-7(5-6)11(16)14-4-3-9(14)10(15)13-8/h1-2,5,9H,3-4H2,(H,13,15)/t9-/m0/s1. The summed E-state index contributed by atoms with van der Waals surface area (Å²) in [5.41, 5.74) is 1.02. The highest BCUT2D eigenvalue weighted by molar-refractivity contribution is 6.31. The SMILES string of the molecule is O=C1Nc2ccc(Cl)cc2C(=O)N2CC[C@@H]12. The molecule has 0 saturated carbocycles. The summed E-state index contributed by atoms with van der Waals surface area (Å²) >= 11 is 5.85. The summed E-state index contributed by atoms with van der Waals surface area (Å²) in [5.74, 6) is -0.229. The molecule has 2 aliphatic rings. The normalized spacial score (nSPS) is 22.8. The molecule has 0 unspecified atom stereocenters. The highest BCUT2D eigenvalue weighted by Crippen LogP contribution is 2.30. The van der Waals surface area contributed by atoms with Gasteiger partial charge in [-0.15, -0.1) is 0 Å². The monoisotopic (exact) mass is 236 g/mol. The minimum atomic E-state index is -0.307. The van der Waals surface area contributed by atoms with Crippen molar-refractivity contribution in [2.24, 2.45) is 0 Å². The van der Waals surface area contributed by atoms with Crippen molar-refractivity contribution in [1.82, 2.24) is 4.90 Å². The van der Waals surface area contributed by atoms with Crippen LogP contribution in [-0.2, 0) is 4.79 Å². The summed E-state index contributed by atoms with van der Waals surface area (Å²) in [4.78, 5) is 25.4. The number of halogens is 1. The van der Waals surface area contributed by atoms with Crippen LogP contribution in [0.5, 0.6) is 0 Å². The molecular weight excluding hydrogens is 228 g/mol. The van der Waals surface area contributed by atoms with Crippen LogP contribution in [0.2, 0.25) is 5.02 Å². The minimum absolute atomic E-state index is 0.110. The number of carbonyl (C=O) groups is 2. The summed E-state index contributed by atoms with van der Waals surface area (Å²) in [6.45, 7) is 0.642. The fourth-order valence-electron chi connectivity index (χ4n) is 2.08. The molecular formula is C11H9ClN2O2. The van der Waals surface area contributed by atoms with E-state index in [4.69, 9.17) is 11.6 Å². The zero-order chi connectivity index (χ0) is 11.3. The van der Waals surface area contributed by atoms with Gasteiger partial charge >= 0.3 is 0 Å². The second kappa shape index (κ2) is 3.22. The maximum absolute atomic E-state index is 12.1. The second-order valence-electron chi connectivity index (χ2n) is 3.98. The van der Waals surface area contributed by atoms with Gasteiger partial charge in [0, 0.05) is 11.6 Å². The zero-order valence-electron chi connectivity index (χ0n) is 8.37. The lowest BCUT2D eigenvalue weighted by Crippen LogP contribution is -2.55. The van der Waals surface area contributed by atoms with Crippen molar-refractivity contribution in [2.75, 3.05) is 11.9 Å². The average molecular weight is 237 g/mol. The van der Waals surface area contributed by atoms with Crippen LogP contribution in [0.15, 0.2) is 18.2 Å². The number of hydrogen-bond acceptors (Lipinski definition) is 2. The Labute approximate surface area is 97.2 Å². The third-order valence-electron chi connectivity index (χ3n) is 3.05. The van der Waals surface area contributed by atoms with E-state index in [1.165, 1.54) is 0 Å². The maximum atomic E-state index is 12.1. The van der Waals surface area contributed by atoms with Gasteiger partial charge in [0.1, 0.15) is 6.04 Å². The molecule has 1 atom stereocenters. The van der Waals surface area contributed by atoms with E-state index >= 15 is 0 Å².